The van der Waals surface area contributed by atoms with Crippen molar-refractivity contribution >= 4 is 0 Å². The standard InChI is InChI=1S/C22H30F2O/c23-21-19(12-6-5-9-17-7-1-2-8-17)13-14-20(22(21)24)25-16-15-18-10-3-4-11-18/h5,9,13-14,17-18H,1-4,6-8,10-12,15-16H2/b9-5+. The molecule has 0 spiro atoms. The largest absolute Gasteiger partial charge is 0.490 e. The normalized spacial score (nSPS) is 19.3. The monoisotopic (exact) mass is 348 g/mol. The van der Waals surface area contributed by atoms with Crippen molar-refractivity contribution in [2.24, 2.45) is 11.8 Å². The lowest BCUT2D eigenvalue weighted by Crippen LogP contribution is -2.06. The highest BCUT2D eigenvalue weighted by Gasteiger charge is 2.17. The Bertz CT molecular complexity index is 570. The van der Waals surface area contributed by atoms with E-state index in [2.05, 4.69) is 12.2 Å². The molecule has 2 saturated carbocycles. The summed E-state index contributed by atoms with van der Waals surface area (Å²) >= 11 is 0. The van der Waals surface area contributed by atoms with Crippen LogP contribution in [0.1, 0.15) is 69.8 Å². The van der Waals surface area contributed by atoms with Gasteiger partial charge in [0.1, 0.15) is 0 Å². The van der Waals surface area contributed by atoms with E-state index in [0.29, 0.717) is 30.4 Å². The molecule has 2 aliphatic rings. The first-order valence-corrected chi connectivity index (χ1v) is 10.0. The van der Waals surface area contributed by atoms with E-state index in [0.717, 1.165) is 12.8 Å². The topological polar surface area (TPSA) is 9.23 Å². The third kappa shape index (κ3) is 5.29. The summed E-state index contributed by atoms with van der Waals surface area (Å²) in [6, 6.07) is 3.26. The molecular weight excluding hydrogens is 318 g/mol. The molecule has 3 heteroatoms. The van der Waals surface area contributed by atoms with E-state index in [1.165, 1.54) is 51.4 Å². The molecule has 1 aromatic carbocycles. The van der Waals surface area contributed by atoms with E-state index in [1.807, 2.05) is 0 Å². The average Bonchev–Trinajstić information content (AvgIpc) is 3.31. The van der Waals surface area contributed by atoms with Gasteiger partial charge in [0, 0.05) is 0 Å². The van der Waals surface area contributed by atoms with Crippen LogP contribution in [0.25, 0.3) is 0 Å². The number of benzene rings is 1. The molecule has 0 saturated heterocycles. The van der Waals surface area contributed by atoms with Crippen molar-refractivity contribution < 1.29 is 13.5 Å². The van der Waals surface area contributed by atoms with Gasteiger partial charge in [0.25, 0.3) is 0 Å². The molecule has 138 valence electrons. The zero-order valence-electron chi connectivity index (χ0n) is 15.1. The fourth-order valence-corrected chi connectivity index (χ4v) is 4.19. The van der Waals surface area contributed by atoms with Gasteiger partial charge in [-0.3, -0.25) is 0 Å². The van der Waals surface area contributed by atoms with Gasteiger partial charge in [0.2, 0.25) is 5.82 Å². The second-order valence-electron chi connectivity index (χ2n) is 7.65. The molecule has 0 atom stereocenters. The van der Waals surface area contributed by atoms with Crippen LogP contribution in [-0.2, 0) is 6.42 Å². The van der Waals surface area contributed by atoms with Gasteiger partial charge in [-0.15, -0.1) is 0 Å². The van der Waals surface area contributed by atoms with Crippen molar-refractivity contribution in [1.82, 2.24) is 0 Å². The Morgan fingerprint density at radius 3 is 2.44 bits per heavy atom. The van der Waals surface area contributed by atoms with E-state index in [-0.39, 0.29) is 5.75 Å². The Balaban J connectivity index is 1.47. The fraction of sp³-hybridized carbons (Fsp3) is 0.636. The summed E-state index contributed by atoms with van der Waals surface area (Å²) in [5.74, 6) is -0.131. The third-order valence-corrected chi connectivity index (χ3v) is 5.77. The number of hydrogen-bond acceptors (Lipinski definition) is 1. The van der Waals surface area contributed by atoms with Crippen LogP contribution in [0.4, 0.5) is 8.78 Å². The SMILES string of the molecule is Fc1c(CC/C=C/C2CCCC2)ccc(OCCC2CCCC2)c1F. The van der Waals surface area contributed by atoms with Gasteiger partial charge in [-0.25, -0.2) is 4.39 Å². The highest BCUT2D eigenvalue weighted by Crippen LogP contribution is 2.29. The van der Waals surface area contributed by atoms with Crippen molar-refractivity contribution in [1.29, 1.82) is 0 Å². The first-order valence-electron chi connectivity index (χ1n) is 10.0. The van der Waals surface area contributed by atoms with Crippen molar-refractivity contribution in [2.45, 2.75) is 70.6 Å². The highest BCUT2D eigenvalue weighted by molar-refractivity contribution is 5.31. The fourth-order valence-electron chi connectivity index (χ4n) is 4.19. The maximum absolute atomic E-state index is 14.2. The van der Waals surface area contributed by atoms with Gasteiger partial charge in [-0.2, -0.15) is 4.39 Å². The summed E-state index contributed by atoms with van der Waals surface area (Å²) in [5, 5.41) is 0. The molecule has 3 rings (SSSR count). The molecule has 1 aromatic rings. The molecule has 0 N–H and O–H groups in total. The van der Waals surface area contributed by atoms with Gasteiger partial charge in [0.15, 0.2) is 11.6 Å². The molecule has 1 nitrogen and oxygen atoms in total. The molecule has 2 aliphatic carbocycles. The van der Waals surface area contributed by atoms with Crippen LogP contribution in [0.2, 0.25) is 0 Å². The summed E-state index contributed by atoms with van der Waals surface area (Å²) < 4.78 is 33.9. The molecule has 25 heavy (non-hydrogen) atoms. The van der Waals surface area contributed by atoms with Crippen LogP contribution in [0.3, 0.4) is 0 Å². The van der Waals surface area contributed by atoms with E-state index < -0.39 is 11.6 Å². The predicted octanol–water partition coefficient (Wildman–Crippen LogP) is 6.60. The van der Waals surface area contributed by atoms with Gasteiger partial charge in [-0.1, -0.05) is 56.7 Å². The summed E-state index contributed by atoms with van der Waals surface area (Å²) in [6.07, 6.45) is 16.8. The lowest BCUT2D eigenvalue weighted by molar-refractivity contribution is 0.263. The molecule has 0 radical (unpaired) electrons. The molecule has 0 unspecified atom stereocenters. The first kappa shape index (κ1) is 18.4. The molecular formula is C22H30F2O. The number of aryl methyl sites for hydroxylation is 1. The number of ether oxygens (including phenoxy) is 1. The first-order chi connectivity index (χ1) is 12.2. The lowest BCUT2D eigenvalue weighted by Gasteiger charge is -2.12. The van der Waals surface area contributed by atoms with Crippen molar-refractivity contribution in [3.63, 3.8) is 0 Å². The maximum atomic E-state index is 14.2. The second kappa shape index (κ2) is 9.35. The van der Waals surface area contributed by atoms with Crippen LogP contribution in [0, 0.1) is 23.5 Å². The summed E-state index contributed by atoms with van der Waals surface area (Å²) in [6.45, 7) is 0.477. The molecule has 0 aliphatic heterocycles. The van der Waals surface area contributed by atoms with E-state index in [1.54, 1.807) is 12.1 Å². The Hall–Kier alpha value is -1.38. The Labute approximate surface area is 150 Å². The van der Waals surface area contributed by atoms with Crippen molar-refractivity contribution in [3.8, 4) is 5.75 Å². The van der Waals surface area contributed by atoms with Gasteiger partial charge >= 0.3 is 0 Å². The van der Waals surface area contributed by atoms with Crippen LogP contribution >= 0.6 is 0 Å². The molecule has 0 aromatic heterocycles. The van der Waals surface area contributed by atoms with E-state index in [4.69, 9.17) is 4.74 Å². The van der Waals surface area contributed by atoms with Crippen molar-refractivity contribution in [2.75, 3.05) is 6.61 Å². The van der Waals surface area contributed by atoms with Crippen LogP contribution in [-0.4, -0.2) is 6.61 Å². The highest BCUT2D eigenvalue weighted by atomic mass is 19.2. The minimum Gasteiger partial charge on any atom is -0.490 e. The van der Waals surface area contributed by atoms with Crippen LogP contribution in [0.15, 0.2) is 24.3 Å². The minimum atomic E-state index is -0.830. The average molecular weight is 348 g/mol. The van der Waals surface area contributed by atoms with Crippen LogP contribution < -0.4 is 4.74 Å². The van der Waals surface area contributed by atoms with E-state index in [9.17, 15) is 8.78 Å². The Morgan fingerprint density at radius 2 is 1.68 bits per heavy atom. The second-order valence-corrected chi connectivity index (χ2v) is 7.65. The van der Waals surface area contributed by atoms with Crippen molar-refractivity contribution in [3.05, 3.63) is 41.5 Å². The quantitative estimate of drug-likeness (QED) is 0.481. The minimum absolute atomic E-state index is 0.0562. The summed E-state index contributed by atoms with van der Waals surface area (Å²) in [4.78, 5) is 0. The smallest absolute Gasteiger partial charge is 0.200 e. The number of rotatable bonds is 8. The number of allylic oxidation sites excluding steroid dienone is 2. The van der Waals surface area contributed by atoms with Gasteiger partial charge in [-0.05, 0) is 55.6 Å². The maximum Gasteiger partial charge on any atom is 0.200 e. The number of hydrogen-bond donors (Lipinski definition) is 0. The summed E-state index contributed by atoms with van der Waals surface area (Å²) in [7, 11) is 0. The Kier molecular flexibility index (Phi) is 6.89. The zero-order chi connectivity index (χ0) is 17.5. The van der Waals surface area contributed by atoms with E-state index >= 15 is 0 Å². The molecule has 0 amide bonds. The number of halogens is 2. The summed E-state index contributed by atoms with van der Waals surface area (Å²) in [5.41, 5.74) is 0.441. The predicted molar refractivity (Wildman–Crippen MR) is 97.8 cm³/mol. The molecule has 0 bridgehead atoms. The molecule has 2 fully saturated rings. The van der Waals surface area contributed by atoms with Gasteiger partial charge < -0.3 is 4.74 Å². The van der Waals surface area contributed by atoms with Gasteiger partial charge in [0.05, 0.1) is 6.61 Å². The lowest BCUT2D eigenvalue weighted by atomic mass is 10.0. The third-order valence-electron chi connectivity index (χ3n) is 5.77. The van der Waals surface area contributed by atoms with Crippen LogP contribution in [0.5, 0.6) is 5.75 Å². The molecule has 0 heterocycles. The zero-order valence-corrected chi connectivity index (χ0v) is 15.1. The Morgan fingerprint density at radius 1 is 0.960 bits per heavy atom.